The second kappa shape index (κ2) is 4.67. The summed E-state index contributed by atoms with van der Waals surface area (Å²) in [4.78, 5) is 4.17. The fourth-order valence-corrected chi connectivity index (χ4v) is 1.44. The Morgan fingerprint density at radius 3 is 2.38 bits per heavy atom. The van der Waals surface area contributed by atoms with E-state index in [1.165, 1.54) is 19.3 Å². The number of azo groups is 1. The van der Waals surface area contributed by atoms with Crippen LogP contribution in [0.3, 0.4) is 0 Å². The minimum Gasteiger partial charge on any atom is -0.249 e. The van der Waals surface area contributed by atoms with Crippen LogP contribution < -0.4 is 0 Å². The third-order valence-electron chi connectivity index (χ3n) is 2.26. The van der Waals surface area contributed by atoms with Gasteiger partial charge in [0.2, 0.25) is 5.72 Å². The number of hydrogen-bond donors (Lipinski definition) is 1. The number of hydrogen-bond acceptors (Lipinski definition) is 4. The van der Waals surface area contributed by atoms with E-state index in [4.69, 9.17) is 5.26 Å². The predicted molar refractivity (Wildman–Crippen MR) is 49.5 cm³/mol. The molecular formula is C9H18N2O2. The summed E-state index contributed by atoms with van der Waals surface area (Å²) >= 11 is 0. The molecular weight excluding hydrogens is 168 g/mol. The van der Waals surface area contributed by atoms with Crippen molar-refractivity contribution in [2.24, 2.45) is 10.2 Å². The van der Waals surface area contributed by atoms with Crippen LogP contribution in [-0.2, 0) is 4.89 Å². The first-order chi connectivity index (χ1) is 6.14. The maximum atomic E-state index is 8.47. The third kappa shape index (κ3) is 3.83. The normalized spacial score (nSPS) is 21.2. The summed E-state index contributed by atoms with van der Waals surface area (Å²) in [7, 11) is 0. The van der Waals surface area contributed by atoms with Crippen LogP contribution >= 0.6 is 0 Å². The average molecular weight is 186 g/mol. The van der Waals surface area contributed by atoms with Crippen molar-refractivity contribution in [3.05, 3.63) is 0 Å². The highest BCUT2D eigenvalue weighted by molar-refractivity contribution is 4.71. The lowest BCUT2D eigenvalue weighted by Gasteiger charge is -2.18. The van der Waals surface area contributed by atoms with Crippen molar-refractivity contribution in [1.82, 2.24) is 0 Å². The van der Waals surface area contributed by atoms with Crippen molar-refractivity contribution in [2.75, 3.05) is 0 Å². The molecule has 4 nitrogen and oxygen atoms in total. The van der Waals surface area contributed by atoms with Gasteiger partial charge >= 0.3 is 0 Å². The van der Waals surface area contributed by atoms with Crippen LogP contribution in [0.15, 0.2) is 10.2 Å². The van der Waals surface area contributed by atoms with Crippen LogP contribution in [0.5, 0.6) is 0 Å². The molecule has 13 heavy (non-hydrogen) atoms. The average Bonchev–Trinajstić information content (AvgIpc) is 2.17. The van der Waals surface area contributed by atoms with Crippen molar-refractivity contribution < 1.29 is 10.1 Å². The van der Waals surface area contributed by atoms with Crippen LogP contribution in [0.2, 0.25) is 0 Å². The van der Waals surface area contributed by atoms with E-state index < -0.39 is 5.72 Å². The highest BCUT2D eigenvalue weighted by Gasteiger charge is 2.18. The van der Waals surface area contributed by atoms with Gasteiger partial charge in [0.05, 0.1) is 6.04 Å². The molecule has 0 aliphatic heterocycles. The smallest absolute Gasteiger partial charge is 0.206 e. The van der Waals surface area contributed by atoms with Crippen LogP contribution in [0, 0.1) is 0 Å². The fourth-order valence-electron chi connectivity index (χ4n) is 1.44. The van der Waals surface area contributed by atoms with Crippen LogP contribution in [0.25, 0.3) is 0 Å². The van der Waals surface area contributed by atoms with Gasteiger partial charge in [0.1, 0.15) is 0 Å². The maximum Gasteiger partial charge on any atom is 0.206 e. The van der Waals surface area contributed by atoms with E-state index in [-0.39, 0.29) is 0 Å². The van der Waals surface area contributed by atoms with Gasteiger partial charge in [-0.15, -0.1) is 0 Å². The van der Waals surface area contributed by atoms with E-state index in [9.17, 15) is 0 Å². The minimum atomic E-state index is -0.891. The van der Waals surface area contributed by atoms with Gasteiger partial charge in [-0.2, -0.15) is 10.2 Å². The first-order valence-electron chi connectivity index (χ1n) is 4.89. The largest absolute Gasteiger partial charge is 0.249 e. The molecule has 4 heteroatoms. The maximum absolute atomic E-state index is 8.47. The Kier molecular flexibility index (Phi) is 3.81. The van der Waals surface area contributed by atoms with E-state index >= 15 is 0 Å². The van der Waals surface area contributed by atoms with Gasteiger partial charge < -0.3 is 0 Å². The molecule has 0 radical (unpaired) electrons. The van der Waals surface area contributed by atoms with Gasteiger partial charge in [-0.3, -0.25) is 0 Å². The standard InChI is InChI=1S/C9H18N2O2/c1-9(2,13-12)11-10-8-6-4-3-5-7-8/h8,12H,3-7H2,1-2H3/b11-10+. The second-order valence-electron chi connectivity index (χ2n) is 4.05. The lowest BCUT2D eigenvalue weighted by molar-refractivity contribution is -0.311. The Morgan fingerprint density at radius 1 is 1.23 bits per heavy atom. The monoisotopic (exact) mass is 186 g/mol. The predicted octanol–water partition coefficient (Wildman–Crippen LogP) is 3.00. The third-order valence-corrected chi connectivity index (χ3v) is 2.26. The summed E-state index contributed by atoms with van der Waals surface area (Å²) in [5.41, 5.74) is -0.891. The zero-order chi connectivity index (χ0) is 9.73. The molecule has 0 bridgehead atoms. The highest BCUT2D eigenvalue weighted by Crippen LogP contribution is 2.22. The molecule has 1 fully saturated rings. The van der Waals surface area contributed by atoms with Crippen molar-refractivity contribution in [1.29, 1.82) is 0 Å². The molecule has 0 atom stereocenters. The molecule has 76 valence electrons. The van der Waals surface area contributed by atoms with Crippen LogP contribution in [-0.4, -0.2) is 17.0 Å². The van der Waals surface area contributed by atoms with Crippen molar-refractivity contribution >= 4 is 0 Å². The molecule has 1 saturated carbocycles. The van der Waals surface area contributed by atoms with Gasteiger partial charge in [-0.1, -0.05) is 19.3 Å². The lowest BCUT2D eigenvalue weighted by Crippen LogP contribution is -2.20. The van der Waals surface area contributed by atoms with E-state index in [1.807, 2.05) is 0 Å². The molecule has 1 aliphatic rings. The second-order valence-corrected chi connectivity index (χ2v) is 4.05. The van der Waals surface area contributed by atoms with E-state index in [1.54, 1.807) is 13.8 Å². The Balaban J connectivity index is 2.37. The molecule has 0 amide bonds. The van der Waals surface area contributed by atoms with Crippen LogP contribution in [0.1, 0.15) is 46.0 Å². The lowest BCUT2D eigenvalue weighted by atomic mass is 9.96. The number of nitrogens with zero attached hydrogens (tertiary/aromatic N) is 2. The number of rotatable bonds is 3. The summed E-state index contributed by atoms with van der Waals surface area (Å²) in [6.07, 6.45) is 6.02. The quantitative estimate of drug-likeness (QED) is 0.418. The minimum absolute atomic E-state index is 0.336. The van der Waals surface area contributed by atoms with Gasteiger partial charge in [-0.25, -0.2) is 10.1 Å². The zero-order valence-corrected chi connectivity index (χ0v) is 8.36. The van der Waals surface area contributed by atoms with Gasteiger partial charge in [0.25, 0.3) is 0 Å². The summed E-state index contributed by atoms with van der Waals surface area (Å²) < 4.78 is 0. The van der Waals surface area contributed by atoms with E-state index in [2.05, 4.69) is 15.1 Å². The van der Waals surface area contributed by atoms with Gasteiger partial charge in [0, 0.05) is 0 Å². The fraction of sp³-hybridized carbons (Fsp3) is 1.00. The van der Waals surface area contributed by atoms with Crippen molar-refractivity contribution in [3.63, 3.8) is 0 Å². The summed E-state index contributed by atoms with van der Waals surface area (Å²) in [6, 6.07) is 0.336. The van der Waals surface area contributed by atoms with Gasteiger partial charge in [0.15, 0.2) is 0 Å². The molecule has 0 unspecified atom stereocenters. The molecule has 1 aliphatic carbocycles. The SMILES string of the molecule is CC(C)(/N=N/C1CCCCC1)OO. The summed E-state index contributed by atoms with van der Waals surface area (Å²) in [5.74, 6) is 0. The molecule has 1 N–H and O–H groups in total. The molecule has 1 rings (SSSR count). The Labute approximate surface area is 78.9 Å². The van der Waals surface area contributed by atoms with Crippen molar-refractivity contribution in [2.45, 2.75) is 57.7 Å². The van der Waals surface area contributed by atoms with Crippen LogP contribution in [0.4, 0.5) is 0 Å². The Hall–Kier alpha value is -0.480. The topological polar surface area (TPSA) is 54.2 Å². The van der Waals surface area contributed by atoms with E-state index in [0.29, 0.717) is 6.04 Å². The van der Waals surface area contributed by atoms with Crippen molar-refractivity contribution in [3.8, 4) is 0 Å². The first kappa shape index (κ1) is 10.6. The Morgan fingerprint density at radius 2 is 1.85 bits per heavy atom. The summed E-state index contributed by atoms with van der Waals surface area (Å²) in [5, 5.41) is 16.6. The highest BCUT2D eigenvalue weighted by atomic mass is 17.1. The van der Waals surface area contributed by atoms with E-state index in [0.717, 1.165) is 12.8 Å². The Bertz CT molecular complexity index is 174. The van der Waals surface area contributed by atoms with Gasteiger partial charge in [-0.05, 0) is 26.7 Å². The first-order valence-corrected chi connectivity index (χ1v) is 4.89. The zero-order valence-electron chi connectivity index (χ0n) is 8.36. The molecule has 0 aromatic carbocycles. The molecule has 0 spiro atoms. The molecule has 0 aromatic heterocycles. The summed E-state index contributed by atoms with van der Waals surface area (Å²) in [6.45, 7) is 3.36. The molecule has 0 saturated heterocycles. The molecule has 0 aromatic rings. The molecule has 0 heterocycles.